The predicted octanol–water partition coefficient (Wildman–Crippen LogP) is 6.21. The minimum absolute atomic E-state index is 0.156. The smallest absolute Gasteiger partial charge is 0.329 e. The van der Waals surface area contributed by atoms with Crippen molar-refractivity contribution in [2.45, 2.75) is 97.6 Å². The summed E-state index contributed by atoms with van der Waals surface area (Å²) in [5.74, 6) is -0.00444. The Kier molecular flexibility index (Phi) is 13.0. The molecule has 2 unspecified atom stereocenters. The Bertz CT molecular complexity index is 1210. The highest BCUT2D eigenvalue weighted by Gasteiger charge is 2.53. The molecule has 11 heteroatoms. The van der Waals surface area contributed by atoms with Gasteiger partial charge in [0.15, 0.2) is 0 Å². The quantitative estimate of drug-likeness (QED) is 0.195. The number of rotatable bonds is 16. The molecule has 0 spiro atoms. The lowest BCUT2D eigenvalue weighted by molar-refractivity contribution is -0.156. The first kappa shape index (κ1) is 35.7. The van der Waals surface area contributed by atoms with Crippen molar-refractivity contribution in [1.82, 2.24) is 10.2 Å². The van der Waals surface area contributed by atoms with E-state index < -0.39 is 29.7 Å². The molecule has 2 aliphatic rings. The first-order valence-electron chi connectivity index (χ1n) is 15.6. The summed E-state index contributed by atoms with van der Waals surface area (Å²) in [5, 5.41) is 23.7. The summed E-state index contributed by atoms with van der Waals surface area (Å²) in [6.07, 6.45) is 6.17. The minimum Gasteiger partial charge on any atom is -0.493 e. The van der Waals surface area contributed by atoms with Gasteiger partial charge in [0.2, 0.25) is 0 Å². The Morgan fingerprint density at radius 2 is 1.82 bits per heavy atom. The molecule has 0 bridgehead atoms. The van der Waals surface area contributed by atoms with Gasteiger partial charge >= 0.3 is 12.0 Å². The van der Waals surface area contributed by atoms with Gasteiger partial charge in [-0.1, -0.05) is 36.8 Å². The van der Waals surface area contributed by atoms with Crippen molar-refractivity contribution in [2.75, 3.05) is 33.0 Å². The van der Waals surface area contributed by atoms with E-state index in [4.69, 9.17) is 30.5 Å². The van der Waals surface area contributed by atoms with E-state index in [-0.39, 0.29) is 49.0 Å². The minimum atomic E-state index is -1.44. The fraction of sp³-hybridized carbons (Fsp3) is 0.636. The van der Waals surface area contributed by atoms with Crippen molar-refractivity contribution in [3.8, 4) is 11.5 Å². The van der Waals surface area contributed by atoms with Gasteiger partial charge in [-0.2, -0.15) is 0 Å². The van der Waals surface area contributed by atoms with E-state index in [9.17, 15) is 19.8 Å². The molecule has 0 aromatic heterocycles. The highest BCUT2D eigenvalue weighted by Crippen LogP contribution is 2.45. The molecule has 0 radical (unpaired) electrons. The molecule has 1 aromatic rings. The summed E-state index contributed by atoms with van der Waals surface area (Å²) in [7, 11) is 0. The molecule has 4 atom stereocenters. The lowest BCUT2D eigenvalue weighted by Gasteiger charge is -2.45. The van der Waals surface area contributed by atoms with Crippen LogP contribution < -0.4 is 14.8 Å². The zero-order valence-electron chi connectivity index (χ0n) is 27.0. The number of carbonyl (C=O) groups is 2. The molecule has 2 amide bonds. The number of aliphatic carboxylic acids is 1. The van der Waals surface area contributed by atoms with Gasteiger partial charge in [0.1, 0.15) is 17.0 Å². The van der Waals surface area contributed by atoms with Gasteiger partial charge in [0, 0.05) is 31.6 Å². The first-order chi connectivity index (χ1) is 20.9. The van der Waals surface area contributed by atoms with Crippen LogP contribution in [-0.4, -0.2) is 77.8 Å². The number of urea groups is 1. The third-order valence-corrected chi connectivity index (χ3v) is 8.66. The van der Waals surface area contributed by atoms with Crippen molar-refractivity contribution in [2.24, 2.45) is 5.92 Å². The van der Waals surface area contributed by atoms with Crippen LogP contribution >= 0.6 is 11.6 Å². The number of ether oxygens (including phenoxy) is 4. The summed E-state index contributed by atoms with van der Waals surface area (Å²) >= 11 is 6.92. The number of carboxylic acid groups (broad SMARTS) is 1. The maximum Gasteiger partial charge on any atom is 0.329 e. The SMILES string of the molecule is CCOc1cc([C@@H](C)N(CCO[C@@H](C)C2=CC=CC(C)C2)C(=O)NC2(C(=O)O)CC(OCC)C2)c(Cl)c(OCC)c1C(C)O. The second-order valence-electron chi connectivity index (χ2n) is 11.6. The fourth-order valence-electron chi connectivity index (χ4n) is 5.83. The molecule has 44 heavy (non-hydrogen) atoms. The monoisotopic (exact) mass is 636 g/mol. The van der Waals surface area contributed by atoms with Crippen LogP contribution in [0.4, 0.5) is 4.79 Å². The number of carbonyl (C=O) groups excluding carboxylic acids is 1. The highest BCUT2D eigenvalue weighted by molar-refractivity contribution is 6.33. The Labute approximate surface area is 266 Å². The summed E-state index contributed by atoms with van der Waals surface area (Å²) in [6.45, 7) is 14.5. The number of allylic oxidation sites excluding steroid dienone is 3. The number of benzene rings is 1. The van der Waals surface area contributed by atoms with Gasteiger partial charge < -0.3 is 39.4 Å². The number of hydrogen-bond acceptors (Lipinski definition) is 7. The standard InChI is InChI=1S/C33H49ClN2O8/c1-8-41-25-18-33(19-25,31(38)39)35-32(40)36(14-15-44-23(7)24-13-11-12-20(4)16-24)21(5)26-17-27(42-9-2)28(22(6)37)30(29(26)34)43-10-3/h11-13,17,20-23,25,37H,8-10,14-16,18-19H2,1-7H3,(H,35,40)(H,38,39)/t20?,21-,22?,23+,25?,33?/m1/s1. The molecule has 1 fully saturated rings. The van der Waals surface area contributed by atoms with Crippen molar-refractivity contribution in [1.29, 1.82) is 0 Å². The van der Waals surface area contributed by atoms with Crippen LogP contribution in [0.25, 0.3) is 0 Å². The number of hydrogen-bond donors (Lipinski definition) is 3. The van der Waals surface area contributed by atoms with Gasteiger partial charge in [-0.3, -0.25) is 0 Å². The van der Waals surface area contributed by atoms with Crippen LogP contribution in [0.5, 0.6) is 11.5 Å². The van der Waals surface area contributed by atoms with Crippen molar-refractivity contribution in [3.63, 3.8) is 0 Å². The van der Waals surface area contributed by atoms with E-state index in [2.05, 4.69) is 24.4 Å². The topological polar surface area (TPSA) is 127 Å². The molecule has 3 N–H and O–H groups in total. The summed E-state index contributed by atoms with van der Waals surface area (Å²) < 4.78 is 23.6. The van der Waals surface area contributed by atoms with Crippen LogP contribution in [0.15, 0.2) is 29.9 Å². The van der Waals surface area contributed by atoms with Crippen molar-refractivity contribution in [3.05, 3.63) is 46.0 Å². The molecule has 2 aliphatic carbocycles. The van der Waals surface area contributed by atoms with E-state index in [1.807, 2.05) is 40.7 Å². The number of aliphatic hydroxyl groups excluding tert-OH is 1. The molecule has 10 nitrogen and oxygen atoms in total. The van der Waals surface area contributed by atoms with Crippen molar-refractivity contribution >= 4 is 23.6 Å². The zero-order valence-corrected chi connectivity index (χ0v) is 27.8. The molecule has 246 valence electrons. The molecular weight excluding hydrogens is 588 g/mol. The Hall–Kier alpha value is -2.79. The fourth-order valence-corrected chi connectivity index (χ4v) is 6.20. The highest BCUT2D eigenvalue weighted by atomic mass is 35.5. The van der Waals surface area contributed by atoms with E-state index in [1.165, 1.54) is 10.5 Å². The number of halogens is 1. The summed E-state index contributed by atoms with van der Waals surface area (Å²) in [4.78, 5) is 27.8. The third kappa shape index (κ3) is 8.27. The maximum atomic E-state index is 14.0. The predicted molar refractivity (Wildman–Crippen MR) is 170 cm³/mol. The van der Waals surface area contributed by atoms with E-state index in [0.717, 1.165) is 6.42 Å². The number of carboxylic acids is 1. The normalized spacial score (nSPS) is 23.2. The lowest BCUT2D eigenvalue weighted by Crippen LogP contribution is -2.66. The van der Waals surface area contributed by atoms with Crippen LogP contribution in [0, 0.1) is 5.92 Å². The lowest BCUT2D eigenvalue weighted by atomic mass is 9.74. The van der Waals surface area contributed by atoms with Crippen LogP contribution in [0.1, 0.15) is 91.0 Å². The van der Waals surface area contributed by atoms with Crippen LogP contribution in [0.2, 0.25) is 5.02 Å². The molecule has 1 saturated carbocycles. The average molecular weight is 637 g/mol. The van der Waals surface area contributed by atoms with Gasteiger partial charge in [0.25, 0.3) is 0 Å². The molecule has 0 saturated heterocycles. The van der Waals surface area contributed by atoms with Gasteiger partial charge in [-0.25, -0.2) is 9.59 Å². The Balaban J connectivity index is 1.95. The molecular formula is C33H49ClN2O8. The number of nitrogens with zero attached hydrogens (tertiary/aromatic N) is 1. The van der Waals surface area contributed by atoms with Gasteiger partial charge in [-0.15, -0.1) is 0 Å². The van der Waals surface area contributed by atoms with E-state index in [1.54, 1.807) is 13.0 Å². The summed E-state index contributed by atoms with van der Waals surface area (Å²) in [6, 6.07) is 0.506. The second kappa shape index (κ2) is 16.0. The average Bonchev–Trinajstić information content (AvgIpc) is 2.95. The number of nitrogens with one attached hydrogen (secondary N) is 1. The molecule has 0 heterocycles. The maximum absolute atomic E-state index is 14.0. The Morgan fingerprint density at radius 1 is 1.14 bits per heavy atom. The molecule has 0 aliphatic heterocycles. The number of amides is 2. The number of aliphatic hydroxyl groups is 1. The zero-order chi connectivity index (χ0) is 32.6. The third-order valence-electron chi connectivity index (χ3n) is 8.27. The van der Waals surface area contributed by atoms with Crippen LogP contribution in [-0.2, 0) is 14.3 Å². The Morgan fingerprint density at radius 3 is 2.39 bits per heavy atom. The molecule has 1 aromatic carbocycles. The van der Waals surface area contributed by atoms with E-state index >= 15 is 0 Å². The largest absolute Gasteiger partial charge is 0.493 e. The summed E-state index contributed by atoms with van der Waals surface area (Å²) in [5.41, 5.74) is 0.689. The van der Waals surface area contributed by atoms with Crippen LogP contribution in [0.3, 0.4) is 0 Å². The van der Waals surface area contributed by atoms with Crippen molar-refractivity contribution < 1.29 is 38.7 Å². The van der Waals surface area contributed by atoms with E-state index in [0.29, 0.717) is 42.6 Å². The molecule has 3 rings (SSSR count). The second-order valence-corrected chi connectivity index (χ2v) is 11.9. The van der Waals surface area contributed by atoms with Gasteiger partial charge in [-0.05, 0) is 65.5 Å². The van der Waals surface area contributed by atoms with Gasteiger partial charge in [0.05, 0.1) is 54.8 Å². The first-order valence-corrected chi connectivity index (χ1v) is 16.0.